The number of anilines is 2. The molecule has 0 aliphatic carbocycles. The SMILES string of the molecule is CC1CN(c2ccc(N)cc2F)CC(C)N1. The van der Waals surface area contributed by atoms with Gasteiger partial charge in [-0.1, -0.05) is 0 Å². The van der Waals surface area contributed by atoms with Crippen molar-refractivity contribution >= 4 is 11.4 Å². The van der Waals surface area contributed by atoms with Crippen molar-refractivity contribution in [3.05, 3.63) is 24.0 Å². The van der Waals surface area contributed by atoms with Crippen LogP contribution in [-0.2, 0) is 0 Å². The molecule has 1 fully saturated rings. The first-order chi connectivity index (χ1) is 7.56. The van der Waals surface area contributed by atoms with Crippen LogP contribution in [0.15, 0.2) is 18.2 Å². The summed E-state index contributed by atoms with van der Waals surface area (Å²) in [7, 11) is 0. The van der Waals surface area contributed by atoms with Crippen molar-refractivity contribution in [2.45, 2.75) is 25.9 Å². The molecular weight excluding hydrogens is 205 g/mol. The molecule has 0 amide bonds. The van der Waals surface area contributed by atoms with E-state index < -0.39 is 0 Å². The van der Waals surface area contributed by atoms with E-state index in [1.165, 1.54) is 6.07 Å². The molecule has 2 rings (SSSR count). The molecule has 16 heavy (non-hydrogen) atoms. The predicted molar refractivity (Wildman–Crippen MR) is 65.1 cm³/mol. The Kier molecular flexibility index (Phi) is 3.01. The first-order valence-corrected chi connectivity index (χ1v) is 5.62. The summed E-state index contributed by atoms with van der Waals surface area (Å²) in [5.74, 6) is -0.235. The monoisotopic (exact) mass is 223 g/mol. The van der Waals surface area contributed by atoms with Crippen molar-refractivity contribution in [3.63, 3.8) is 0 Å². The molecule has 0 spiro atoms. The van der Waals surface area contributed by atoms with Crippen LogP contribution in [0.2, 0.25) is 0 Å². The Hall–Kier alpha value is -1.29. The molecule has 4 heteroatoms. The third-order valence-corrected chi connectivity index (χ3v) is 2.87. The van der Waals surface area contributed by atoms with E-state index in [1.807, 2.05) is 0 Å². The maximum Gasteiger partial charge on any atom is 0.148 e. The number of benzene rings is 1. The predicted octanol–water partition coefficient (Wildman–Crippen LogP) is 1.59. The third-order valence-electron chi connectivity index (χ3n) is 2.87. The van der Waals surface area contributed by atoms with Gasteiger partial charge in [0.25, 0.3) is 0 Å². The lowest BCUT2D eigenvalue weighted by Crippen LogP contribution is -2.54. The summed E-state index contributed by atoms with van der Waals surface area (Å²) >= 11 is 0. The molecule has 2 unspecified atom stereocenters. The number of halogens is 1. The van der Waals surface area contributed by atoms with Gasteiger partial charge in [-0.15, -0.1) is 0 Å². The standard InChI is InChI=1S/C12H18FN3/c1-8-6-16(7-9(2)15-8)12-4-3-10(14)5-11(12)13/h3-5,8-9,15H,6-7,14H2,1-2H3. The van der Waals surface area contributed by atoms with Gasteiger partial charge in [-0.3, -0.25) is 0 Å². The van der Waals surface area contributed by atoms with Gasteiger partial charge < -0.3 is 16.0 Å². The van der Waals surface area contributed by atoms with Crippen LogP contribution in [-0.4, -0.2) is 25.2 Å². The summed E-state index contributed by atoms with van der Waals surface area (Å²) in [4.78, 5) is 2.07. The maximum atomic E-state index is 13.7. The zero-order valence-corrected chi connectivity index (χ0v) is 9.70. The number of nitrogens with zero attached hydrogens (tertiary/aromatic N) is 1. The molecule has 88 valence electrons. The molecule has 1 aromatic carbocycles. The Morgan fingerprint density at radius 3 is 2.50 bits per heavy atom. The van der Waals surface area contributed by atoms with Crippen LogP contribution in [0.4, 0.5) is 15.8 Å². The summed E-state index contributed by atoms with van der Waals surface area (Å²) in [6.07, 6.45) is 0. The number of nitrogen functional groups attached to an aromatic ring is 1. The number of rotatable bonds is 1. The van der Waals surface area contributed by atoms with E-state index in [0.29, 0.717) is 23.5 Å². The Bertz CT molecular complexity index is 371. The average Bonchev–Trinajstić information content (AvgIpc) is 2.15. The fraction of sp³-hybridized carbons (Fsp3) is 0.500. The molecular formula is C12H18FN3. The molecule has 2 atom stereocenters. The molecule has 1 heterocycles. The fourth-order valence-electron chi connectivity index (χ4n) is 2.30. The van der Waals surface area contributed by atoms with E-state index in [2.05, 4.69) is 24.1 Å². The van der Waals surface area contributed by atoms with Crippen LogP contribution in [0.25, 0.3) is 0 Å². The first kappa shape index (κ1) is 11.2. The normalized spacial score (nSPS) is 25.8. The minimum absolute atomic E-state index is 0.235. The van der Waals surface area contributed by atoms with Crippen LogP contribution in [0.1, 0.15) is 13.8 Å². The highest BCUT2D eigenvalue weighted by molar-refractivity contribution is 5.55. The van der Waals surface area contributed by atoms with Gasteiger partial charge in [0, 0.05) is 30.9 Å². The lowest BCUT2D eigenvalue weighted by Gasteiger charge is -2.37. The van der Waals surface area contributed by atoms with Crippen molar-refractivity contribution in [1.29, 1.82) is 0 Å². The second-order valence-electron chi connectivity index (χ2n) is 4.58. The molecule has 1 aromatic rings. The van der Waals surface area contributed by atoms with Gasteiger partial charge in [-0.25, -0.2) is 4.39 Å². The van der Waals surface area contributed by atoms with Gasteiger partial charge >= 0.3 is 0 Å². The summed E-state index contributed by atoms with van der Waals surface area (Å²) in [5.41, 5.74) is 6.66. The molecule has 0 bridgehead atoms. The van der Waals surface area contributed by atoms with E-state index in [9.17, 15) is 4.39 Å². The van der Waals surface area contributed by atoms with Crippen LogP contribution in [0.3, 0.4) is 0 Å². The Morgan fingerprint density at radius 1 is 1.31 bits per heavy atom. The van der Waals surface area contributed by atoms with Gasteiger partial charge in [-0.05, 0) is 32.0 Å². The number of nitrogens with one attached hydrogen (secondary N) is 1. The van der Waals surface area contributed by atoms with Crippen molar-refractivity contribution in [2.75, 3.05) is 23.7 Å². The Balaban J connectivity index is 2.23. The van der Waals surface area contributed by atoms with Crippen molar-refractivity contribution in [1.82, 2.24) is 5.32 Å². The van der Waals surface area contributed by atoms with Crippen LogP contribution < -0.4 is 16.0 Å². The van der Waals surface area contributed by atoms with Gasteiger partial charge in [0.15, 0.2) is 0 Å². The second kappa shape index (κ2) is 4.29. The second-order valence-corrected chi connectivity index (χ2v) is 4.58. The van der Waals surface area contributed by atoms with Gasteiger partial charge in [0.2, 0.25) is 0 Å². The third kappa shape index (κ3) is 2.27. The van der Waals surface area contributed by atoms with E-state index in [-0.39, 0.29) is 5.82 Å². The fourth-order valence-corrected chi connectivity index (χ4v) is 2.30. The molecule has 3 nitrogen and oxygen atoms in total. The van der Waals surface area contributed by atoms with E-state index >= 15 is 0 Å². The van der Waals surface area contributed by atoms with Gasteiger partial charge in [-0.2, -0.15) is 0 Å². The van der Waals surface area contributed by atoms with Crippen molar-refractivity contribution in [2.24, 2.45) is 0 Å². The Labute approximate surface area is 95.4 Å². The highest BCUT2D eigenvalue weighted by Gasteiger charge is 2.22. The highest BCUT2D eigenvalue weighted by Crippen LogP contribution is 2.23. The summed E-state index contributed by atoms with van der Waals surface area (Å²) in [5, 5.41) is 3.42. The number of piperazine rings is 1. The minimum atomic E-state index is -0.235. The van der Waals surface area contributed by atoms with E-state index in [1.54, 1.807) is 12.1 Å². The minimum Gasteiger partial charge on any atom is -0.399 e. The first-order valence-electron chi connectivity index (χ1n) is 5.62. The molecule has 0 radical (unpaired) electrons. The van der Waals surface area contributed by atoms with E-state index in [4.69, 9.17) is 5.73 Å². The lowest BCUT2D eigenvalue weighted by atomic mass is 10.1. The van der Waals surface area contributed by atoms with Crippen molar-refractivity contribution < 1.29 is 4.39 Å². The van der Waals surface area contributed by atoms with Gasteiger partial charge in [0.1, 0.15) is 5.82 Å². The molecule has 1 aliphatic rings. The van der Waals surface area contributed by atoms with Crippen LogP contribution in [0.5, 0.6) is 0 Å². The number of nitrogens with two attached hydrogens (primary N) is 1. The molecule has 0 aromatic heterocycles. The Morgan fingerprint density at radius 2 is 1.94 bits per heavy atom. The smallest absolute Gasteiger partial charge is 0.148 e. The summed E-state index contributed by atoms with van der Waals surface area (Å²) in [6.45, 7) is 5.87. The molecule has 3 N–H and O–H groups in total. The number of hydrogen-bond acceptors (Lipinski definition) is 3. The average molecular weight is 223 g/mol. The molecule has 0 saturated carbocycles. The zero-order chi connectivity index (χ0) is 11.7. The van der Waals surface area contributed by atoms with E-state index in [0.717, 1.165) is 13.1 Å². The quantitative estimate of drug-likeness (QED) is 0.710. The van der Waals surface area contributed by atoms with Gasteiger partial charge in [0.05, 0.1) is 5.69 Å². The van der Waals surface area contributed by atoms with Crippen LogP contribution in [0, 0.1) is 5.82 Å². The largest absolute Gasteiger partial charge is 0.399 e. The molecule has 1 aliphatic heterocycles. The summed E-state index contributed by atoms with van der Waals surface area (Å²) in [6, 6.07) is 5.64. The maximum absolute atomic E-state index is 13.7. The molecule has 1 saturated heterocycles. The van der Waals surface area contributed by atoms with Crippen LogP contribution >= 0.6 is 0 Å². The summed E-state index contributed by atoms with van der Waals surface area (Å²) < 4.78 is 13.7. The topological polar surface area (TPSA) is 41.3 Å². The van der Waals surface area contributed by atoms with Crippen molar-refractivity contribution in [3.8, 4) is 0 Å². The number of hydrogen-bond donors (Lipinski definition) is 2. The zero-order valence-electron chi connectivity index (χ0n) is 9.70. The highest BCUT2D eigenvalue weighted by atomic mass is 19.1. The lowest BCUT2D eigenvalue weighted by molar-refractivity contribution is 0.404.